The summed E-state index contributed by atoms with van der Waals surface area (Å²) < 4.78 is 2.96. The number of halogens is 2. The van der Waals surface area contributed by atoms with Crippen LogP contribution in [-0.4, -0.2) is 28.3 Å². The summed E-state index contributed by atoms with van der Waals surface area (Å²) in [7, 11) is 0. The van der Waals surface area contributed by atoms with Gasteiger partial charge in [0.15, 0.2) is 5.69 Å². The lowest BCUT2D eigenvalue weighted by Crippen LogP contribution is -2.30. The normalized spacial score (nSPS) is 14.4. The van der Waals surface area contributed by atoms with Gasteiger partial charge >= 0.3 is 0 Å². The number of hydrogen-bond donors (Lipinski definition) is 2. The second-order valence-electron chi connectivity index (χ2n) is 6.39. The van der Waals surface area contributed by atoms with Crippen LogP contribution >= 0.6 is 28.3 Å². The Kier molecular flexibility index (Phi) is 7.04. The van der Waals surface area contributed by atoms with Gasteiger partial charge in [0, 0.05) is 28.3 Å². The van der Waals surface area contributed by atoms with Gasteiger partial charge in [0.05, 0.1) is 5.69 Å². The van der Waals surface area contributed by atoms with Crippen LogP contribution in [0.4, 0.5) is 0 Å². The predicted octanol–water partition coefficient (Wildman–Crippen LogP) is 3.40. The van der Waals surface area contributed by atoms with E-state index in [1.807, 2.05) is 35.9 Å². The zero-order valence-electron chi connectivity index (χ0n) is 14.3. The van der Waals surface area contributed by atoms with Crippen LogP contribution in [0.1, 0.15) is 47.9 Å². The number of nitrogens with one attached hydrogen (secondary N) is 1. The fourth-order valence-electron chi connectivity index (χ4n) is 3.07. The number of nitrogens with two attached hydrogens (primary N) is 1. The van der Waals surface area contributed by atoms with Crippen LogP contribution in [-0.2, 0) is 12.8 Å². The summed E-state index contributed by atoms with van der Waals surface area (Å²) in [6.45, 7) is 2.52. The lowest BCUT2D eigenvalue weighted by Gasteiger charge is -2.14. The molecule has 1 aliphatic rings. The molecule has 25 heavy (non-hydrogen) atoms. The molecule has 3 N–H and O–H groups in total. The first-order valence-corrected chi connectivity index (χ1v) is 9.26. The lowest BCUT2D eigenvalue weighted by molar-refractivity contribution is 0.0946. The van der Waals surface area contributed by atoms with E-state index in [-0.39, 0.29) is 24.4 Å². The number of fused-ring (bicyclic) bond motifs is 1. The Balaban J connectivity index is 0.00000225. The van der Waals surface area contributed by atoms with Crippen molar-refractivity contribution in [1.29, 1.82) is 0 Å². The SMILES string of the molecule is CC(N)CCNC(=O)c1nn(-c2ccc(Br)cc2)c2c1CCCC2.Cl. The number of benzene rings is 1. The molecular formula is C18H24BrClN4O. The number of carbonyl (C=O) groups excluding carboxylic acids is 1. The van der Waals surface area contributed by atoms with Gasteiger partial charge in [-0.3, -0.25) is 4.79 Å². The van der Waals surface area contributed by atoms with Crippen molar-refractivity contribution in [2.45, 2.75) is 45.1 Å². The second kappa shape index (κ2) is 8.83. The van der Waals surface area contributed by atoms with Crippen molar-refractivity contribution in [3.05, 3.63) is 45.7 Å². The molecule has 1 aliphatic carbocycles. The summed E-state index contributed by atoms with van der Waals surface area (Å²) in [6.07, 6.45) is 4.90. The molecular weight excluding hydrogens is 404 g/mol. The van der Waals surface area contributed by atoms with E-state index in [1.165, 1.54) is 5.69 Å². The molecule has 1 amide bonds. The highest BCUT2D eigenvalue weighted by Crippen LogP contribution is 2.27. The summed E-state index contributed by atoms with van der Waals surface area (Å²) in [5.74, 6) is -0.0929. The Bertz CT molecular complexity index is 727. The third kappa shape index (κ3) is 4.63. The van der Waals surface area contributed by atoms with Crippen molar-refractivity contribution >= 4 is 34.2 Å². The molecule has 5 nitrogen and oxygen atoms in total. The first-order chi connectivity index (χ1) is 11.6. The van der Waals surface area contributed by atoms with Gasteiger partial charge in [-0.05, 0) is 63.3 Å². The molecule has 0 aliphatic heterocycles. The van der Waals surface area contributed by atoms with Crippen molar-refractivity contribution < 1.29 is 4.79 Å². The highest BCUT2D eigenvalue weighted by molar-refractivity contribution is 9.10. The van der Waals surface area contributed by atoms with Gasteiger partial charge in [-0.15, -0.1) is 12.4 Å². The average Bonchev–Trinajstić information content (AvgIpc) is 2.95. The fourth-order valence-corrected chi connectivity index (χ4v) is 3.34. The van der Waals surface area contributed by atoms with Crippen LogP contribution in [0.25, 0.3) is 5.69 Å². The van der Waals surface area contributed by atoms with E-state index in [4.69, 9.17) is 5.73 Å². The summed E-state index contributed by atoms with van der Waals surface area (Å²) in [5.41, 5.74) is 9.57. The molecule has 1 unspecified atom stereocenters. The molecule has 1 aromatic heterocycles. The van der Waals surface area contributed by atoms with Gasteiger partial charge in [-0.25, -0.2) is 4.68 Å². The maximum absolute atomic E-state index is 12.6. The van der Waals surface area contributed by atoms with Crippen LogP contribution in [0.3, 0.4) is 0 Å². The topological polar surface area (TPSA) is 72.9 Å². The maximum Gasteiger partial charge on any atom is 0.272 e. The number of aromatic nitrogens is 2. The molecule has 0 saturated carbocycles. The lowest BCUT2D eigenvalue weighted by atomic mass is 9.95. The molecule has 136 valence electrons. The van der Waals surface area contributed by atoms with E-state index >= 15 is 0 Å². The van der Waals surface area contributed by atoms with Gasteiger partial charge in [-0.2, -0.15) is 5.10 Å². The minimum atomic E-state index is -0.0929. The molecule has 0 radical (unpaired) electrons. The van der Waals surface area contributed by atoms with Crippen molar-refractivity contribution in [3.63, 3.8) is 0 Å². The van der Waals surface area contributed by atoms with Crippen molar-refractivity contribution in [2.75, 3.05) is 6.54 Å². The fraction of sp³-hybridized carbons (Fsp3) is 0.444. The van der Waals surface area contributed by atoms with Crippen LogP contribution in [0.15, 0.2) is 28.7 Å². The average molecular weight is 428 g/mol. The highest BCUT2D eigenvalue weighted by Gasteiger charge is 2.25. The summed E-state index contributed by atoms with van der Waals surface area (Å²) >= 11 is 3.46. The van der Waals surface area contributed by atoms with Crippen LogP contribution in [0.5, 0.6) is 0 Å². The van der Waals surface area contributed by atoms with E-state index in [2.05, 4.69) is 26.3 Å². The number of amides is 1. The third-order valence-electron chi connectivity index (χ3n) is 4.35. The monoisotopic (exact) mass is 426 g/mol. The van der Waals surface area contributed by atoms with Crippen molar-refractivity contribution in [2.24, 2.45) is 5.73 Å². The quantitative estimate of drug-likeness (QED) is 0.768. The van der Waals surface area contributed by atoms with Gasteiger partial charge in [-0.1, -0.05) is 15.9 Å². The Morgan fingerprint density at radius 1 is 1.32 bits per heavy atom. The van der Waals surface area contributed by atoms with Gasteiger partial charge in [0.2, 0.25) is 0 Å². The van der Waals surface area contributed by atoms with Crippen LogP contribution in [0.2, 0.25) is 0 Å². The van der Waals surface area contributed by atoms with E-state index in [1.54, 1.807) is 0 Å². The standard InChI is InChI=1S/C18H23BrN4O.ClH/c1-12(20)10-11-21-18(24)17-15-4-2-3-5-16(15)23(22-17)14-8-6-13(19)7-9-14;/h6-9,12H,2-5,10-11,20H2,1H3,(H,21,24);1H. The maximum atomic E-state index is 12.6. The first-order valence-electron chi connectivity index (χ1n) is 8.46. The van der Waals surface area contributed by atoms with Gasteiger partial charge in [0.1, 0.15) is 0 Å². The molecule has 0 fully saturated rings. The second-order valence-corrected chi connectivity index (χ2v) is 7.31. The molecule has 0 spiro atoms. The minimum absolute atomic E-state index is 0. The molecule has 1 atom stereocenters. The number of carbonyl (C=O) groups is 1. The third-order valence-corrected chi connectivity index (χ3v) is 4.88. The summed E-state index contributed by atoms with van der Waals surface area (Å²) in [6, 6.07) is 8.11. The molecule has 1 aromatic carbocycles. The Morgan fingerprint density at radius 2 is 2.00 bits per heavy atom. The van der Waals surface area contributed by atoms with E-state index in [0.29, 0.717) is 12.2 Å². The van der Waals surface area contributed by atoms with E-state index in [9.17, 15) is 4.79 Å². The Labute approximate surface area is 162 Å². The smallest absolute Gasteiger partial charge is 0.272 e. The zero-order valence-corrected chi connectivity index (χ0v) is 16.7. The highest BCUT2D eigenvalue weighted by atomic mass is 79.9. The van der Waals surface area contributed by atoms with Gasteiger partial charge in [0.25, 0.3) is 5.91 Å². The Hall–Kier alpha value is -1.37. The molecule has 2 aromatic rings. The first kappa shape index (κ1) is 19.9. The van der Waals surface area contributed by atoms with Crippen molar-refractivity contribution in [1.82, 2.24) is 15.1 Å². The molecule has 3 rings (SSSR count). The minimum Gasteiger partial charge on any atom is -0.351 e. The summed E-state index contributed by atoms with van der Waals surface area (Å²) in [4.78, 5) is 12.6. The number of rotatable bonds is 5. The van der Waals surface area contributed by atoms with Crippen molar-refractivity contribution in [3.8, 4) is 5.69 Å². The molecule has 0 bridgehead atoms. The van der Waals surface area contributed by atoms with Crippen LogP contribution < -0.4 is 11.1 Å². The summed E-state index contributed by atoms with van der Waals surface area (Å²) in [5, 5.41) is 7.60. The largest absolute Gasteiger partial charge is 0.351 e. The van der Waals surface area contributed by atoms with E-state index in [0.717, 1.165) is 47.8 Å². The molecule has 7 heteroatoms. The van der Waals surface area contributed by atoms with E-state index < -0.39 is 0 Å². The Morgan fingerprint density at radius 3 is 2.68 bits per heavy atom. The van der Waals surface area contributed by atoms with Gasteiger partial charge < -0.3 is 11.1 Å². The zero-order chi connectivity index (χ0) is 17.1. The molecule has 0 saturated heterocycles. The predicted molar refractivity (Wildman–Crippen MR) is 106 cm³/mol. The van der Waals surface area contributed by atoms with Crippen LogP contribution in [0, 0.1) is 0 Å². The number of nitrogens with zero attached hydrogens (tertiary/aromatic N) is 2. The molecule has 1 heterocycles. The number of hydrogen-bond acceptors (Lipinski definition) is 3.